The first-order valence-electron chi connectivity index (χ1n) is 6.60. The normalized spacial score (nSPS) is 12.4. The predicted molar refractivity (Wildman–Crippen MR) is 87.9 cm³/mol. The zero-order chi connectivity index (χ0) is 14.7. The van der Waals surface area contributed by atoms with Gasteiger partial charge in [-0.3, -0.25) is 0 Å². The Kier molecular flexibility index (Phi) is 5.02. The highest BCUT2D eigenvalue weighted by atomic mass is 35.5. The van der Waals surface area contributed by atoms with Crippen LogP contribution in [0.2, 0.25) is 5.02 Å². The summed E-state index contributed by atoms with van der Waals surface area (Å²) in [5.74, 6) is 0. The van der Waals surface area contributed by atoms with Crippen LogP contribution in [0.5, 0.6) is 0 Å². The molecule has 1 aromatic heterocycles. The molecule has 3 nitrogen and oxygen atoms in total. The Hall–Kier alpha value is -1.10. The summed E-state index contributed by atoms with van der Waals surface area (Å²) >= 11 is 8.06. The maximum Gasteiger partial charge on any atom is 0.0898 e. The van der Waals surface area contributed by atoms with Gasteiger partial charge in [0.1, 0.15) is 0 Å². The highest BCUT2D eigenvalue weighted by molar-refractivity contribution is 7.09. The molecule has 0 aliphatic heterocycles. The van der Waals surface area contributed by atoms with Gasteiger partial charge in [0.25, 0.3) is 0 Å². The number of hydrogen-bond acceptors (Lipinski definition) is 4. The van der Waals surface area contributed by atoms with E-state index in [-0.39, 0.29) is 6.04 Å². The maximum absolute atomic E-state index is 6.37. The lowest BCUT2D eigenvalue weighted by Gasteiger charge is -2.20. The standard InChI is InChI=1S/C15H20ClN3S/c1-10(17-3)14-6-5-13(7-15(14)16)19(4)8-12-9-20-11(2)18-12/h5-7,9-10,17H,8H2,1-4H3. The van der Waals surface area contributed by atoms with Crippen LogP contribution in [0.3, 0.4) is 0 Å². The molecular weight excluding hydrogens is 290 g/mol. The van der Waals surface area contributed by atoms with Crippen molar-refractivity contribution in [3.8, 4) is 0 Å². The van der Waals surface area contributed by atoms with Gasteiger partial charge in [0, 0.05) is 29.2 Å². The Morgan fingerprint density at radius 1 is 1.45 bits per heavy atom. The van der Waals surface area contributed by atoms with E-state index in [0.717, 1.165) is 33.5 Å². The van der Waals surface area contributed by atoms with Gasteiger partial charge in [-0.1, -0.05) is 17.7 Å². The van der Waals surface area contributed by atoms with Crippen molar-refractivity contribution < 1.29 is 0 Å². The second kappa shape index (κ2) is 6.57. The molecule has 0 spiro atoms. The number of rotatable bonds is 5. The van der Waals surface area contributed by atoms with E-state index in [4.69, 9.17) is 11.6 Å². The summed E-state index contributed by atoms with van der Waals surface area (Å²) in [6.07, 6.45) is 0. The molecule has 0 aliphatic rings. The molecule has 2 rings (SSSR count). The molecule has 0 amide bonds. The Morgan fingerprint density at radius 2 is 2.20 bits per heavy atom. The van der Waals surface area contributed by atoms with Gasteiger partial charge >= 0.3 is 0 Å². The number of benzene rings is 1. The molecule has 5 heteroatoms. The Labute approximate surface area is 129 Å². The summed E-state index contributed by atoms with van der Waals surface area (Å²) in [4.78, 5) is 6.65. The van der Waals surface area contributed by atoms with Gasteiger partial charge in [-0.05, 0) is 38.6 Å². The molecular formula is C15H20ClN3S. The number of thiazole rings is 1. The number of anilines is 1. The van der Waals surface area contributed by atoms with Crippen molar-refractivity contribution in [2.75, 3.05) is 19.0 Å². The van der Waals surface area contributed by atoms with Crippen molar-refractivity contribution >= 4 is 28.6 Å². The molecule has 1 unspecified atom stereocenters. The lowest BCUT2D eigenvalue weighted by Crippen LogP contribution is -2.17. The van der Waals surface area contributed by atoms with Crippen molar-refractivity contribution in [1.29, 1.82) is 0 Å². The third kappa shape index (κ3) is 3.51. The third-order valence-corrected chi connectivity index (χ3v) is 4.54. The topological polar surface area (TPSA) is 28.2 Å². The van der Waals surface area contributed by atoms with Gasteiger partial charge in [-0.25, -0.2) is 4.98 Å². The minimum atomic E-state index is 0.253. The van der Waals surface area contributed by atoms with Crippen LogP contribution in [0.15, 0.2) is 23.6 Å². The van der Waals surface area contributed by atoms with E-state index in [9.17, 15) is 0 Å². The van der Waals surface area contributed by atoms with E-state index >= 15 is 0 Å². The summed E-state index contributed by atoms with van der Waals surface area (Å²) in [6, 6.07) is 6.46. The minimum absolute atomic E-state index is 0.253. The van der Waals surface area contributed by atoms with Crippen molar-refractivity contribution in [3.05, 3.63) is 44.9 Å². The van der Waals surface area contributed by atoms with Gasteiger partial charge in [0.2, 0.25) is 0 Å². The lowest BCUT2D eigenvalue weighted by atomic mass is 10.1. The first-order chi connectivity index (χ1) is 9.51. The van der Waals surface area contributed by atoms with Gasteiger partial charge in [0.05, 0.1) is 17.2 Å². The number of nitrogens with one attached hydrogen (secondary N) is 1. The van der Waals surface area contributed by atoms with E-state index in [2.05, 4.69) is 46.7 Å². The van der Waals surface area contributed by atoms with E-state index < -0.39 is 0 Å². The maximum atomic E-state index is 6.37. The molecule has 108 valence electrons. The Balaban J connectivity index is 2.14. The molecule has 1 atom stereocenters. The molecule has 2 aromatic rings. The molecule has 0 saturated heterocycles. The van der Waals surface area contributed by atoms with Crippen LogP contribution in [-0.2, 0) is 6.54 Å². The highest BCUT2D eigenvalue weighted by Gasteiger charge is 2.11. The molecule has 1 aromatic carbocycles. The summed E-state index contributed by atoms with van der Waals surface area (Å²) in [5.41, 5.74) is 3.32. The number of halogens is 1. The second-order valence-corrected chi connectivity index (χ2v) is 6.40. The summed E-state index contributed by atoms with van der Waals surface area (Å²) in [6.45, 7) is 4.92. The van der Waals surface area contributed by atoms with Crippen LogP contribution in [0.25, 0.3) is 0 Å². The van der Waals surface area contributed by atoms with Crippen molar-refractivity contribution in [1.82, 2.24) is 10.3 Å². The lowest BCUT2D eigenvalue weighted by molar-refractivity contribution is 0.652. The number of aryl methyl sites for hydroxylation is 1. The smallest absolute Gasteiger partial charge is 0.0898 e. The average Bonchev–Trinajstić information content (AvgIpc) is 2.83. The molecule has 1 N–H and O–H groups in total. The van der Waals surface area contributed by atoms with E-state index in [1.807, 2.05) is 20.0 Å². The van der Waals surface area contributed by atoms with Gasteiger partial charge in [0.15, 0.2) is 0 Å². The zero-order valence-corrected chi connectivity index (χ0v) is 13.8. The number of hydrogen-bond donors (Lipinski definition) is 1. The van der Waals surface area contributed by atoms with Gasteiger partial charge in [-0.2, -0.15) is 0 Å². The fourth-order valence-electron chi connectivity index (χ4n) is 2.08. The monoisotopic (exact) mass is 309 g/mol. The Bertz CT molecular complexity index is 582. The van der Waals surface area contributed by atoms with Crippen LogP contribution < -0.4 is 10.2 Å². The van der Waals surface area contributed by atoms with Crippen LogP contribution in [0.4, 0.5) is 5.69 Å². The SMILES string of the molecule is CNC(C)c1ccc(N(C)Cc2csc(C)n2)cc1Cl. The largest absolute Gasteiger partial charge is 0.369 e. The molecule has 0 fully saturated rings. The highest BCUT2D eigenvalue weighted by Crippen LogP contribution is 2.28. The number of aromatic nitrogens is 1. The molecule has 20 heavy (non-hydrogen) atoms. The Morgan fingerprint density at radius 3 is 2.75 bits per heavy atom. The molecule has 0 bridgehead atoms. The fraction of sp³-hybridized carbons (Fsp3) is 0.400. The molecule has 0 radical (unpaired) electrons. The average molecular weight is 310 g/mol. The van der Waals surface area contributed by atoms with Crippen molar-refractivity contribution in [2.45, 2.75) is 26.4 Å². The number of nitrogens with zero attached hydrogens (tertiary/aromatic N) is 2. The van der Waals surface area contributed by atoms with Crippen molar-refractivity contribution in [3.63, 3.8) is 0 Å². The second-order valence-electron chi connectivity index (χ2n) is 4.93. The van der Waals surface area contributed by atoms with Crippen LogP contribution >= 0.6 is 22.9 Å². The molecule has 0 saturated carbocycles. The van der Waals surface area contributed by atoms with Gasteiger partial charge < -0.3 is 10.2 Å². The van der Waals surface area contributed by atoms with Gasteiger partial charge in [-0.15, -0.1) is 11.3 Å². The van der Waals surface area contributed by atoms with E-state index in [0.29, 0.717) is 0 Å². The zero-order valence-electron chi connectivity index (χ0n) is 12.3. The van der Waals surface area contributed by atoms with Crippen LogP contribution in [0.1, 0.15) is 29.2 Å². The third-order valence-electron chi connectivity index (χ3n) is 3.39. The predicted octanol–water partition coefficient (Wildman–Crippen LogP) is 4.02. The quantitative estimate of drug-likeness (QED) is 0.904. The first kappa shape index (κ1) is 15.3. The fourth-order valence-corrected chi connectivity index (χ4v) is 3.02. The summed E-state index contributed by atoms with van der Waals surface area (Å²) in [5, 5.41) is 7.21. The summed E-state index contributed by atoms with van der Waals surface area (Å²) < 4.78 is 0. The minimum Gasteiger partial charge on any atom is -0.369 e. The first-order valence-corrected chi connectivity index (χ1v) is 7.86. The van der Waals surface area contributed by atoms with Crippen LogP contribution in [-0.4, -0.2) is 19.1 Å². The van der Waals surface area contributed by atoms with E-state index in [1.165, 1.54) is 0 Å². The van der Waals surface area contributed by atoms with E-state index in [1.54, 1.807) is 11.3 Å². The van der Waals surface area contributed by atoms with Crippen LogP contribution in [0, 0.1) is 6.92 Å². The molecule has 0 aliphatic carbocycles. The summed E-state index contributed by atoms with van der Waals surface area (Å²) in [7, 11) is 3.99. The van der Waals surface area contributed by atoms with Crippen molar-refractivity contribution in [2.24, 2.45) is 0 Å². The molecule has 1 heterocycles.